The first kappa shape index (κ1) is 63.9. The molecule has 0 spiro atoms. The van der Waals surface area contributed by atoms with Crippen molar-refractivity contribution in [3.63, 3.8) is 0 Å². The molecule has 0 saturated heterocycles. The molecule has 2 aromatic rings. The van der Waals surface area contributed by atoms with Gasteiger partial charge in [0, 0.05) is 66.0 Å². The second-order valence-corrected chi connectivity index (χ2v) is 15.9. The van der Waals surface area contributed by atoms with Gasteiger partial charge in [-0.05, 0) is 130 Å². The van der Waals surface area contributed by atoms with Gasteiger partial charge in [-0.2, -0.15) is 0 Å². The highest BCUT2D eigenvalue weighted by atomic mass is 79.9. The third-order valence-corrected chi connectivity index (χ3v) is 12.2. The van der Waals surface area contributed by atoms with Gasteiger partial charge in [-0.1, -0.05) is 17.3 Å². The van der Waals surface area contributed by atoms with E-state index >= 15 is 0 Å². The number of carbonyl (C=O) groups is 3. The highest BCUT2D eigenvalue weighted by Gasteiger charge is 2.19. The molecule has 0 fully saturated rings. The summed E-state index contributed by atoms with van der Waals surface area (Å²) >= 11 is 16.1. The van der Waals surface area contributed by atoms with Crippen molar-refractivity contribution in [2.24, 2.45) is 5.16 Å². The number of carbonyl (C=O) groups excluding carboxylic acids is 3. The van der Waals surface area contributed by atoms with E-state index in [0.29, 0.717) is 51.1 Å². The third-order valence-electron chi connectivity index (χ3n) is 7.83. The summed E-state index contributed by atoms with van der Waals surface area (Å²) in [6.07, 6.45) is 7.11. The number of nitrogens with two attached hydrogens (primary N) is 1. The number of ketones is 2. The minimum absolute atomic E-state index is 0. The summed E-state index contributed by atoms with van der Waals surface area (Å²) in [4.78, 5) is 32.5. The normalized spacial score (nSPS) is 14.8. The number of anilines is 2. The Balaban J connectivity index is -0.000000675. The van der Waals surface area contributed by atoms with E-state index in [-0.39, 0.29) is 48.0 Å². The first-order valence-electron chi connectivity index (χ1n) is 18.0. The van der Waals surface area contributed by atoms with E-state index in [9.17, 15) is 14.4 Å². The Labute approximate surface area is 418 Å². The summed E-state index contributed by atoms with van der Waals surface area (Å²) in [5, 5.41) is 23.3. The van der Waals surface area contributed by atoms with Crippen LogP contribution in [-0.4, -0.2) is 89.7 Å². The standard InChI is InChI=1S/C9H10BrNO2.C7H10BrNO2.C7H8BrNO.C7H9BrO2.C6H7BrO2.C4H10O3.2ClH/c1-6(12)11-7-4-3-5-8(13-2)9(7)10;1-11-6-4-2-3-5(9-10)7(6)8;2*1-10-6-4-2-3-5(9)7(6)8;7-6-4(8)2-1-3-5(6)9;1-5-4(6-2)7-3;;/h3-5H,1-2H3,(H,11,12);10H,2-4H2,1H3;2-4H,9H2,1H3;2-4H2,1H3;8H,1-3H2;4H,1-3H3;2*1H. The van der Waals surface area contributed by atoms with Gasteiger partial charge >= 0.3 is 0 Å². The minimum Gasteiger partial charge on any atom is -0.511 e. The summed E-state index contributed by atoms with van der Waals surface area (Å²) in [6.45, 7) is 0.950. The first-order chi connectivity index (χ1) is 28.5. The number of Topliss-reactive ketones (excluding diaryl/α,β-unsaturated/α-hetero) is 2. The number of benzene rings is 2. The van der Waals surface area contributed by atoms with Gasteiger partial charge in [0.1, 0.15) is 28.8 Å². The fraction of sp³-hybridized carbons (Fsp3) is 0.450. The van der Waals surface area contributed by atoms with Crippen molar-refractivity contribution in [3.8, 4) is 11.5 Å². The zero-order valence-corrected chi connectivity index (χ0v) is 45.2. The fourth-order valence-corrected chi connectivity index (χ4v) is 7.33. The van der Waals surface area contributed by atoms with Gasteiger partial charge in [0.25, 0.3) is 6.48 Å². The van der Waals surface area contributed by atoms with Crippen LogP contribution in [0.25, 0.3) is 0 Å². The van der Waals surface area contributed by atoms with Crippen LogP contribution in [0.2, 0.25) is 0 Å². The van der Waals surface area contributed by atoms with Crippen molar-refractivity contribution < 1.29 is 57.9 Å². The van der Waals surface area contributed by atoms with E-state index < -0.39 is 6.48 Å². The highest BCUT2D eigenvalue weighted by Crippen LogP contribution is 2.32. The Hall–Kier alpha value is -2.40. The van der Waals surface area contributed by atoms with Crippen LogP contribution in [0.1, 0.15) is 64.7 Å². The number of ether oxygens (including phenoxy) is 7. The number of rotatable bonds is 8. The van der Waals surface area contributed by atoms with Crippen molar-refractivity contribution in [1.82, 2.24) is 0 Å². The molecule has 0 unspecified atom stereocenters. The highest BCUT2D eigenvalue weighted by molar-refractivity contribution is 9.12. The van der Waals surface area contributed by atoms with E-state index in [0.717, 1.165) is 69.2 Å². The van der Waals surface area contributed by atoms with Gasteiger partial charge in [-0.15, -0.1) is 24.8 Å². The Morgan fingerprint density at radius 3 is 1.50 bits per heavy atom. The molecule has 62 heavy (non-hydrogen) atoms. The second-order valence-electron chi connectivity index (χ2n) is 12.0. The summed E-state index contributed by atoms with van der Waals surface area (Å²) in [6, 6.07) is 10.9. The molecule has 0 aromatic heterocycles. The molecule has 0 radical (unpaired) electrons. The Morgan fingerprint density at radius 1 is 0.661 bits per heavy atom. The molecule has 1 amide bonds. The number of hydrogen-bond acceptors (Lipinski definition) is 14. The van der Waals surface area contributed by atoms with Crippen molar-refractivity contribution >= 4 is 139 Å². The molecule has 3 aliphatic carbocycles. The molecule has 0 aliphatic heterocycles. The lowest BCUT2D eigenvalue weighted by Gasteiger charge is -2.15. The molecular weight excluding hydrogens is 1180 g/mol. The average Bonchev–Trinajstić information content (AvgIpc) is 3.24. The monoisotopic (exact) mass is 1230 g/mol. The number of hydrogen-bond donors (Lipinski definition) is 4. The zero-order valence-electron chi connectivity index (χ0n) is 35.6. The van der Waals surface area contributed by atoms with E-state index in [4.69, 9.17) is 35.0 Å². The lowest BCUT2D eigenvalue weighted by molar-refractivity contribution is -0.252. The lowest BCUT2D eigenvalue weighted by atomic mass is 10.0. The maximum absolute atomic E-state index is 11.0. The first-order valence-corrected chi connectivity index (χ1v) is 21.9. The molecule has 0 heterocycles. The van der Waals surface area contributed by atoms with Gasteiger partial charge in [-0.25, -0.2) is 0 Å². The molecule has 0 bridgehead atoms. The molecule has 15 nitrogen and oxygen atoms in total. The van der Waals surface area contributed by atoms with Crippen LogP contribution >= 0.6 is 104 Å². The van der Waals surface area contributed by atoms with E-state index in [1.54, 1.807) is 34.5 Å². The third kappa shape index (κ3) is 24.0. The fourth-order valence-electron chi connectivity index (χ4n) is 4.78. The van der Waals surface area contributed by atoms with Crippen LogP contribution in [-0.2, 0) is 38.1 Å². The summed E-state index contributed by atoms with van der Waals surface area (Å²) in [5.74, 6) is 3.38. The Morgan fingerprint density at radius 2 is 1.11 bits per heavy atom. The number of nitrogens with zero attached hydrogens (tertiary/aromatic N) is 1. The Kier molecular flexibility index (Phi) is 38.0. The van der Waals surface area contributed by atoms with Crippen LogP contribution in [0.3, 0.4) is 0 Å². The largest absolute Gasteiger partial charge is 0.511 e. The summed E-state index contributed by atoms with van der Waals surface area (Å²) in [7, 11) is 10.9. The topological polar surface area (TPSA) is 207 Å². The van der Waals surface area contributed by atoms with Crippen molar-refractivity contribution in [2.45, 2.75) is 71.2 Å². The summed E-state index contributed by atoms with van der Waals surface area (Å²) < 4.78 is 37.3. The maximum Gasteiger partial charge on any atom is 0.270 e. The molecule has 5 rings (SSSR count). The van der Waals surface area contributed by atoms with Crippen molar-refractivity contribution in [2.75, 3.05) is 60.8 Å². The predicted octanol–water partition coefficient (Wildman–Crippen LogP) is 11.7. The van der Waals surface area contributed by atoms with E-state index in [2.05, 4.69) is 104 Å². The maximum atomic E-state index is 11.0. The van der Waals surface area contributed by atoms with Gasteiger partial charge in [0.2, 0.25) is 5.91 Å². The van der Waals surface area contributed by atoms with E-state index in [1.807, 2.05) is 30.3 Å². The molecule has 3 aliphatic rings. The predicted molar refractivity (Wildman–Crippen MR) is 265 cm³/mol. The van der Waals surface area contributed by atoms with Crippen LogP contribution in [0.5, 0.6) is 11.5 Å². The van der Waals surface area contributed by atoms with Gasteiger partial charge in [0.05, 0.1) is 62.2 Å². The van der Waals surface area contributed by atoms with E-state index in [1.165, 1.54) is 28.3 Å². The number of nitrogen functional groups attached to an aromatic ring is 1. The quantitative estimate of drug-likeness (QED) is 0.0841. The Bertz CT molecular complexity index is 1810. The number of oxime groups is 1. The number of halogens is 7. The second kappa shape index (κ2) is 36.9. The molecule has 22 heteroatoms. The molecule has 352 valence electrons. The number of allylic oxidation sites excluding steroid dienone is 6. The van der Waals surface area contributed by atoms with Gasteiger partial charge in [0.15, 0.2) is 11.6 Å². The average molecular weight is 1240 g/mol. The number of aliphatic hydroxyl groups is 1. The SMILES string of the molecule is COC(OC)OC.COC1=C(Br)C(=NO)CCC1.COC1=C(Br)C(=O)CCC1.COc1cccc(N)c1Br.COc1cccc(NC(C)=O)c1Br.Cl.Cl.O=C1CCCC(O)=C1Br. The van der Waals surface area contributed by atoms with Crippen LogP contribution in [0, 0.1) is 0 Å². The number of amides is 1. The lowest BCUT2D eigenvalue weighted by Crippen LogP contribution is -2.14. The molecular formula is C40H56Br5Cl2N3O12. The molecule has 2 aromatic carbocycles. The number of methoxy groups -OCH3 is 7. The van der Waals surface area contributed by atoms with Crippen LogP contribution in [0.15, 0.2) is 81.2 Å². The van der Waals surface area contributed by atoms with Crippen LogP contribution < -0.4 is 20.5 Å². The minimum atomic E-state index is -0.514. The summed E-state index contributed by atoms with van der Waals surface area (Å²) in [5.41, 5.74) is 7.65. The van der Waals surface area contributed by atoms with Crippen LogP contribution in [0.4, 0.5) is 11.4 Å². The van der Waals surface area contributed by atoms with Gasteiger partial charge < -0.3 is 54.5 Å². The number of nitrogens with one attached hydrogen (secondary N) is 1. The molecule has 5 N–H and O–H groups in total. The smallest absolute Gasteiger partial charge is 0.270 e. The number of aliphatic hydroxyl groups excluding tert-OH is 1. The molecule has 0 saturated carbocycles. The zero-order chi connectivity index (χ0) is 45.8. The van der Waals surface area contributed by atoms with Crippen molar-refractivity contribution in [3.05, 3.63) is 76.1 Å². The molecule has 0 atom stereocenters. The van der Waals surface area contributed by atoms with Crippen molar-refractivity contribution in [1.29, 1.82) is 0 Å². The van der Waals surface area contributed by atoms with Gasteiger partial charge in [-0.3, -0.25) is 14.4 Å².